The number of unbranched alkanes of at least 4 members (excludes halogenated alkanes) is 3. The van der Waals surface area contributed by atoms with Crippen molar-refractivity contribution in [3.63, 3.8) is 0 Å². The number of rotatable bonds is 7. The van der Waals surface area contributed by atoms with Crippen LogP contribution in [0.1, 0.15) is 39.5 Å². The number of carboxylic acids is 1. The lowest BCUT2D eigenvalue weighted by Crippen LogP contribution is -2.29. The van der Waals surface area contributed by atoms with Gasteiger partial charge in [0.2, 0.25) is 0 Å². The Balaban J connectivity index is 3.35. The van der Waals surface area contributed by atoms with E-state index in [9.17, 15) is 4.79 Å². The number of carboxylic acid groups (broad SMARTS) is 1. The predicted octanol–water partition coefficient (Wildman–Crippen LogP) is 2.14. The van der Waals surface area contributed by atoms with Gasteiger partial charge in [0.1, 0.15) is 6.04 Å². The Morgan fingerprint density at radius 1 is 1.54 bits per heavy atom. The zero-order valence-corrected chi connectivity index (χ0v) is 8.42. The molecule has 1 atom stereocenters. The van der Waals surface area contributed by atoms with E-state index in [2.05, 4.69) is 12.2 Å². The van der Waals surface area contributed by atoms with Gasteiger partial charge in [-0.05, 0) is 26.0 Å². The first kappa shape index (κ1) is 12.0. The van der Waals surface area contributed by atoms with Crippen LogP contribution in [0.15, 0.2) is 12.3 Å². The average molecular weight is 185 g/mol. The van der Waals surface area contributed by atoms with E-state index in [0.29, 0.717) is 0 Å². The van der Waals surface area contributed by atoms with Gasteiger partial charge in [-0.25, -0.2) is 0 Å². The molecular formula is C10H19NO2. The molecule has 0 aromatic carbocycles. The van der Waals surface area contributed by atoms with Gasteiger partial charge in [0, 0.05) is 0 Å². The summed E-state index contributed by atoms with van der Waals surface area (Å²) in [6, 6.07) is -0.498. The number of carbonyl (C=O) groups is 1. The second-order valence-corrected chi connectivity index (χ2v) is 3.12. The summed E-state index contributed by atoms with van der Waals surface area (Å²) in [6.07, 6.45) is 8.36. The lowest BCUT2D eigenvalue weighted by atomic mass is 10.2. The number of allylic oxidation sites excluding steroid dienone is 1. The molecule has 0 aliphatic carbocycles. The fourth-order valence-electron chi connectivity index (χ4n) is 0.879. The topological polar surface area (TPSA) is 49.3 Å². The summed E-state index contributed by atoms with van der Waals surface area (Å²) in [5, 5.41) is 11.3. The third kappa shape index (κ3) is 7.37. The fourth-order valence-corrected chi connectivity index (χ4v) is 0.879. The minimum atomic E-state index is -0.821. The van der Waals surface area contributed by atoms with Gasteiger partial charge >= 0.3 is 5.97 Å². The normalized spacial score (nSPS) is 13.1. The Morgan fingerprint density at radius 3 is 2.77 bits per heavy atom. The van der Waals surface area contributed by atoms with Crippen molar-refractivity contribution in [3.05, 3.63) is 12.3 Å². The maximum atomic E-state index is 10.4. The highest BCUT2D eigenvalue weighted by Gasteiger charge is 2.05. The molecule has 0 aliphatic heterocycles. The molecule has 76 valence electrons. The lowest BCUT2D eigenvalue weighted by molar-refractivity contribution is -0.138. The van der Waals surface area contributed by atoms with E-state index in [1.54, 1.807) is 13.1 Å². The summed E-state index contributed by atoms with van der Waals surface area (Å²) in [4.78, 5) is 10.4. The Morgan fingerprint density at radius 2 is 2.23 bits per heavy atom. The molecule has 0 saturated heterocycles. The quantitative estimate of drug-likeness (QED) is 0.597. The summed E-state index contributed by atoms with van der Waals surface area (Å²) in [7, 11) is 0. The number of nitrogens with one attached hydrogen (secondary N) is 1. The van der Waals surface area contributed by atoms with E-state index in [4.69, 9.17) is 5.11 Å². The summed E-state index contributed by atoms with van der Waals surface area (Å²) in [5.74, 6) is -0.821. The SMILES string of the molecule is CCCCC/C=C/N[C@H](C)C(=O)O. The first-order chi connectivity index (χ1) is 6.18. The van der Waals surface area contributed by atoms with Crippen molar-refractivity contribution in [3.8, 4) is 0 Å². The average Bonchev–Trinajstić information content (AvgIpc) is 2.10. The molecule has 0 amide bonds. The van der Waals surface area contributed by atoms with Crippen LogP contribution in [-0.4, -0.2) is 17.1 Å². The molecule has 0 aromatic heterocycles. The summed E-state index contributed by atoms with van der Waals surface area (Å²) in [5.41, 5.74) is 0. The van der Waals surface area contributed by atoms with E-state index >= 15 is 0 Å². The van der Waals surface area contributed by atoms with Gasteiger partial charge in [-0.2, -0.15) is 0 Å². The van der Waals surface area contributed by atoms with Crippen molar-refractivity contribution < 1.29 is 9.90 Å². The molecule has 13 heavy (non-hydrogen) atoms. The predicted molar refractivity (Wildman–Crippen MR) is 53.5 cm³/mol. The van der Waals surface area contributed by atoms with Gasteiger partial charge in [0.15, 0.2) is 0 Å². The maximum absolute atomic E-state index is 10.4. The van der Waals surface area contributed by atoms with E-state index in [-0.39, 0.29) is 0 Å². The minimum absolute atomic E-state index is 0.498. The zero-order chi connectivity index (χ0) is 10.1. The first-order valence-electron chi connectivity index (χ1n) is 4.82. The van der Waals surface area contributed by atoms with Crippen LogP contribution in [0.4, 0.5) is 0 Å². The van der Waals surface area contributed by atoms with Crippen LogP contribution in [0.25, 0.3) is 0 Å². The van der Waals surface area contributed by atoms with E-state index in [0.717, 1.165) is 6.42 Å². The summed E-state index contributed by atoms with van der Waals surface area (Å²) in [6.45, 7) is 3.78. The van der Waals surface area contributed by atoms with Crippen molar-refractivity contribution in [1.82, 2.24) is 5.32 Å². The highest BCUT2D eigenvalue weighted by molar-refractivity contribution is 5.72. The first-order valence-corrected chi connectivity index (χ1v) is 4.82. The van der Waals surface area contributed by atoms with Gasteiger partial charge in [0.05, 0.1) is 0 Å². The van der Waals surface area contributed by atoms with Crippen molar-refractivity contribution in [2.75, 3.05) is 0 Å². The van der Waals surface area contributed by atoms with Gasteiger partial charge in [-0.3, -0.25) is 4.79 Å². The van der Waals surface area contributed by atoms with Crippen molar-refractivity contribution in [2.45, 2.75) is 45.6 Å². The van der Waals surface area contributed by atoms with E-state index in [1.165, 1.54) is 19.3 Å². The summed E-state index contributed by atoms with van der Waals surface area (Å²) < 4.78 is 0. The van der Waals surface area contributed by atoms with Crippen LogP contribution in [0.3, 0.4) is 0 Å². The maximum Gasteiger partial charge on any atom is 0.325 e. The van der Waals surface area contributed by atoms with Gasteiger partial charge in [0.25, 0.3) is 0 Å². The molecular weight excluding hydrogens is 166 g/mol. The third-order valence-electron chi connectivity index (χ3n) is 1.81. The molecule has 0 radical (unpaired) electrons. The molecule has 0 spiro atoms. The van der Waals surface area contributed by atoms with Gasteiger partial charge in [-0.1, -0.05) is 25.8 Å². The molecule has 3 heteroatoms. The molecule has 0 aromatic rings. The monoisotopic (exact) mass is 185 g/mol. The van der Waals surface area contributed by atoms with E-state index < -0.39 is 12.0 Å². The lowest BCUT2D eigenvalue weighted by Gasteiger charge is -2.04. The summed E-state index contributed by atoms with van der Waals surface area (Å²) >= 11 is 0. The highest BCUT2D eigenvalue weighted by atomic mass is 16.4. The Bertz CT molecular complexity index is 166. The fraction of sp³-hybridized carbons (Fsp3) is 0.700. The van der Waals surface area contributed by atoms with Crippen molar-refractivity contribution in [1.29, 1.82) is 0 Å². The zero-order valence-electron chi connectivity index (χ0n) is 8.42. The van der Waals surface area contributed by atoms with Crippen LogP contribution in [0, 0.1) is 0 Å². The molecule has 2 N–H and O–H groups in total. The van der Waals surface area contributed by atoms with Crippen molar-refractivity contribution >= 4 is 5.97 Å². The molecule has 0 fully saturated rings. The highest BCUT2D eigenvalue weighted by Crippen LogP contribution is 1.98. The molecule has 0 saturated carbocycles. The number of aliphatic carboxylic acids is 1. The van der Waals surface area contributed by atoms with E-state index in [1.807, 2.05) is 6.08 Å². The number of hydrogen-bond acceptors (Lipinski definition) is 2. The minimum Gasteiger partial charge on any atom is -0.480 e. The second kappa shape index (κ2) is 7.65. The van der Waals surface area contributed by atoms with Crippen LogP contribution < -0.4 is 5.32 Å². The van der Waals surface area contributed by atoms with Crippen LogP contribution >= 0.6 is 0 Å². The molecule has 0 rings (SSSR count). The van der Waals surface area contributed by atoms with Crippen LogP contribution in [0.5, 0.6) is 0 Å². The van der Waals surface area contributed by atoms with Crippen LogP contribution in [-0.2, 0) is 4.79 Å². The molecule has 0 bridgehead atoms. The third-order valence-corrected chi connectivity index (χ3v) is 1.81. The molecule has 3 nitrogen and oxygen atoms in total. The number of hydrogen-bond donors (Lipinski definition) is 2. The van der Waals surface area contributed by atoms with Gasteiger partial charge in [-0.15, -0.1) is 0 Å². The molecule has 0 unspecified atom stereocenters. The second-order valence-electron chi connectivity index (χ2n) is 3.12. The Kier molecular flexibility index (Phi) is 7.07. The Hall–Kier alpha value is -0.990. The van der Waals surface area contributed by atoms with Gasteiger partial charge < -0.3 is 10.4 Å². The molecule has 0 aliphatic rings. The standard InChI is InChI=1S/C10H19NO2/c1-3-4-5-6-7-8-11-9(2)10(12)13/h7-9,11H,3-6H2,1-2H3,(H,12,13)/b8-7+/t9-/m1/s1. The van der Waals surface area contributed by atoms with Crippen LogP contribution in [0.2, 0.25) is 0 Å². The smallest absolute Gasteiger partial charge is 0.325 e. The largest absolute Gasteiger partial charge is 0.480 e. The van der Waals surface area contributed by atoms with Crippen molar-refractivity contribution in [2.24, 2.45) is 0 Å². The Labute approximate surface area is 79.8 Å². The molecule has 0 heterocycles.